The molecule has 9 heteroatoms. The van der Waals surface area contributed by atoms with Crippen LogP contribution >= 0.6 is 23.1 Å². The summed E-state index contributed by atoms with van der Waals surface area (Å²) in [6.45, 7) is 3.01. The number of anilines is 1. The first kappa shape index (κ1) is 14.9. The fraction of sp³-hybridized carbons (Fsp3) is 0.308. The van der Waals surface area contributed by atoms with Gasteiger partial charge in [-0.05, 0) is 18.6 Å². The van der Waals surface area contributed by atoms with Crippen LogP contribution in [0.4, 0.5) is 5.13 Å². The van der Waals surface area contributed by atoms with Gasteiger partial charge in [-0.3, -0.25) is 4.98 Å². The lowest BCUT2D eigenvalue weighted by Crippen LogP contribution is -1.98. The molecule has 7 nitrogen and oxygen atoms in total. The second-order valence-electron chi connectivity index (χ2n) is 4.34. The monoisotopic (exact) mass is 334 g/mol. The van der Waals surface area contributed by atoms with Crippen LogP contribution < -0.4 is 5.32 Å². The van der Waals surface area contributed by atoms with Crippen LogP contribution in [0.25, 0.3) is 11.4 Å². The topological polar surface area (TPSA) is 89.6 Å². The quantitative estimate of drug-likeness (QED) is 0.659. The molecule has 0 spiro atoms. The summed E-state index contributed by atoms with van der Waals surface area (Å²) in [6, 6.07) is 3.69. The normalized spacial score (nSPS) is 10.8. The minimum absolute atomic E-state index is 0.565. The van der Waals surface area contributed by atoms with E-state index >= 15 is 0 Å². The van der Waals surface area contributed by atoms with Gasteiger partial charge in [0.25, 0.3) is 0 Å². The lowest BCUT2D eigenvalue weighted by atomic mass is 10.3. The van der Waals surface area contributed by atoms with Gasteiger partial charge in [0.1, 0.15) is 0 Å². The van der Waals surface area contributed by atoms with Crippen molar-refractivity contribution in [2.45, 2.75) is 23.4 Å². The molecule has 1 N–H and O–H groups in total. The maximum absolute atomic E-state index is 5.25. The number of nitrogens with one attached hydrogen (secondary N) is 1. The lowest BCUT2D eigenvalue weighted by molar-refractivity contribution is 0.391. The number of rotatable bonds is 7. The zero-order valence-electron chi connectivity index (χ0n) is 11.9. The van der Waals surface area contributed by atoms with Crippen LogP contribution in [0.5, 0.6) is 0 Å². The zero-order chi connectivity index (χ0) is 15.2. The van der Waals surface area contributed by atoms with Gasteiger partial charge in [-0.25, -0.2) is 0 Å². The molecule has 0 aliphatic rings. The Morgan fingerprint density at radius 1 is 1.27 bits per heavy atom. The van der Waals surface area contributed by atoms with Crippen molar-refractivity contribution < 1.29 is 4.52 Å². The molecule has 0 saturated carbocycles. The summed E-state index contributed by atoms with van der Waals surface area (Å²) in [4.78, 5) is 8.33. The summed E-state index contributed by atoms with van der Waals surface area (Å²) in [5.74, 6) is 1.70. The van der Waals surface area contributed by atoms with Gasteiger partial charge in [0.05, 0.1) is 5.75 Å². The van der Waals surface area contributed by atoms with Gasteiger partial charge in [0.2, 0.25) is 16.8 Å². The van der Waals surface area contributed by atoms with E-state index in [1.807, 2.05) is 12.1 Å². The van der Waals surface area contributed by atoms with E-state index in [1.165, 1.54) is 23.1 Å². The molecule has 22 heavy (non-hydrogen) atoms. The van der Waals surface area contributed by atoms with Gasteiger partial charge >= 0.3 is 0 Å². The largest absolute Gasteiger partial charge is 0.360 e. The van der Waals surface area contributed by atoms with Gasteiger partial charge in [0.15, 0.2) is 4.34 Å². The first-order valence-electron chi connectivity index (χ1n) is 6.78. The van der Waals surface area contributed by atoms with Crippen LogP contribution in [0, 0.1) is 0 Å². The molecule has 0 aliphatic carbocycles. The number of pyridine rings is 1. The summed E-state index contributed by atoms with van der Waals surface area (Å²) >= 11 is 3.06. The summed E-state index contributed by atoms with van der Waals surface area (Å²) in [6.07, 6.45) is 4.46. The fourth-order valence-electron chi connectivity index (χ4n) is 1.63. The molecule has 114 valence electrons. The average molecular weight is 334 g/mol. The Morgan fingerprint density at radius 3 is 2.95 bits per heavy atom. The Kier molecular flexibility index (Phi) is 4.96. The lowest BCUT2D eigenvalue weighted by Gasteiger charge is -1.95. The maximum atomic E-state index is 5.25. The van der Waals surface area contributed by atoms with E-state index in [2.05, 4.69) is 37.6 Å². The molecule has 0 unspecified atom stereocenters. The van der Waals surface area contributed by atoms with E-state index in [0.29, 0.717) is 17.5 Å². The zero-order valence-corrected chi connectivity index (χ0v) is 13.5. The third kappa shape index (κ3) is 3.80. The Balaban J connectivity index is 1.58. The summed E-state index contributed by atoms with van der Waals surface area (Å²) < 4.78 is 6.13. The van der Waals surface area contributed by atoms with Crippen LogP contribution in [-0.2, 0) is 5.75 Å². The van der Waals surface area contributed by atoms with E-state index in [1.54, 1.807) is 12.4 Å². The van der Waals surface area contributed by atoms with E-state index in [4.69, 9.17) is 4.52 Å². The number of hydrogen-bond acceptors (Lipinski definition) is 9. The number of hydrogen-bond donors (Lipinski definition) is 1. The fourth-order valence-corrected chi connectivity index (χ4v) is 3.24. The van der Waals surface area contributed by atoms with Crippen LogP contribution in [0.1, 0.15) is 19.2 Å². The molecule has 3 aromatic heterocycles. The Bertz CT molecular complexity index is 714. The maximum Gasteiger partial charge on any atom is 0.237 e. The van der Waals surface area contributed by atoms with Gasteiger partial charge in [-0.2, -0.15) is 4.98 Å². The highest BCUT2D eigenvalue weighted by Gasteiger charge is 2.11. The number of nitrogens with zero attached hydrogens (tertiary/aromatic N) is 5. The molecule has 0 aromatic carbocycles. The van der Waals surface area contributed by atoms with Crippen molar-refractivity contribution >= 4 is 28.2 Å². The van der Waals surface area contributed by atoms with Crippen LogP contribution in [0.3, 0.4) is 0 Å². The van der Waals surface area contributed by atoms with E-state index in [-0.39, 0.29) is 0 Å². The van der Waals surface area contributed by atoms with Crippen molar-refractivity contribution in [2.24, 2.45) is 0 Å². The summed E-state index contributed by atoms with van der Waals surface area (Å²) in [5, 5.41) is 16.2. The van der Waals surface area contributed by atoms with Crippen molar-refractivity contribution in [2.75, 3.05) is 11.9 Å². The SMILES string of the molecule is CCCNc1nnc(SCc2nc(-c3ccncc3)no2)s1. The van der Waals surface area contributed by atoms with Gasteiger partial charge in [-0.1, -0.05) is 35.2 Å². The van der Waals surface area contributed by atoms with Crippen molar-refractivity contribution in [1.29, 1.82) is 0 Å². The van der Waals surface area contributed by atoms with E-state index in [9.17, 15) is 0 Å². The Hall–Kier alpha value is -2.00. The predicted molar refractivity (Wildman–Crippen MR) is 85.8 cm³/mol. The van der Waals surface area contributed by atoms with Crippen LogP contribution in [0.15, 0.2) is 33.4 Å². The van der Waals surface area contributed by atoms with Gasteiger partial charge < -0.3 is 9.84 Å². The average Bonchev–Trinajstić information content (AvgIpc) is 3.21. The molecule has 0 bridgehead atoms. The van der Waals surface area contributed by atoms with E-state index < -0.39 is 0 Å². The molecule has 3 aromatic rings. The van der Waals surface area contributed by atoms with Crippen molar-refractivity contribution in [1.82, 2.24) is 25.3 Å². The van der Waals surface area contributed by atoms with Crippen LogP contribution in [-0.4, -0.2) is 31.9 Å². The minimum Gasteiger partial charge on any atom is -0.360 e. The molecule has 0 fully saturated rings. The van der Waals surface area contributed by atoms with Gasteiger partial charge in [0, 0.05) is 24.5 Å². The molecule has 3 rings (SSSR count). The van der Waals surface area contributed by atoms with E-state index in [0.717, 1.165) is 28.0 Å². The third-order valence-electron chi connectivity index (χ3n) is 2.66. The van der Waals surface area contributed by atoms with Crippen molar-refractivity contribution in [3.05, 3.63) is 30.4 Å². The highest BCUT2D eigenvalue weighted by Crippen LogP contribution is 2.28. The second kappa shape index (κ2) is 7.32. The van der Waals surface area contributed by atoms with Crippen molar-refractivity contribution in [3.63, 3.8) is 0 Å². The standard InChI is InChI=1S/C13H14N6OS2/c1-2-5-15-12-17-18-13(22-12)21-8-10-16-11(19-20-10)9-3-6-14-7-4-9/h3-4,6-7H,2,5,8H2,1H3,(H,15,17). The molecule has 0 saturated heterocycles. The Morgan fingerprint density at radius 2 is 2.14 bits per heavy atom. The molecular weight excluding hydrogens is 320 g/mol. The van der Waals surface area contributed by atoms with Crippen molar-refractivity contribution in [3.8, 4) is 11.4 Å². The number of thioether (sulfide) groups is 1. The molecule has 0 radical (unpaired) electrons. The summed E-state index contributed by atoms with van der Waals surface area (Å²) in [5.41, 5.74) is 0.886. The smallest absolute Gasteiger partial charge is 0.237 e. The molecule has 3 heterocycles. The van der Waals surface area contributed by atoms with Gasteiger partial charge in [-0.15, -0.1) is 10.2 Å². The third-order valence-corrected chi connectivity index (χ3v) is 4.66. The summed E-state index contributed by atoms with van der Waals surface area (Å²) in [7, 11) is 0. The predicted octanol–water partition coefficient (Wildman–Crippen LogP) is 3.10. The first-order valence-corrected chi connectivity index (χ1v) is 8.58. The number of aromatic nitrogens is 5. The second-order valence-corrected chi connectivity index (χ2v) is 6.54. The minimum atomic E-state index is 0.565. The molecule has 0 amide bonds. The van der Waals surface area contributed by atoms with Crippen LogP contribution in [0.2, 0.25) is 0 Å². The molecular formula is C13H14N6OS2. The highest BCUT2D eigenvalue weighted by molar-refractivity contribution is 8.00. The Labute approximate surface area is 135 Å². The molecule has 0 aliphatic heterocycles. The highest BCUT2D eigenvalue weighted by atomic mass is 32.2. The first-order chi connectivity index (χ1) is 10.8. The molecule has 0 atom stereocenters.